The van der Waals surface area contributed by atoms with Crippen LogP contribution in [-0.2, 0) is 5.41 Å². The second kappa shape index (κ2) is 8.20. The number of ether oxygens (including phenoxy) is 1. The fourth-order valence-electron chi connectivity index (χ4n) is 3.29. The van der Waals surface area contributed by atoms with Gasteiger partial charge in [0.15, 0.2) is 0 Å². The molecule has 2 aromatic carbocycles. The summed E-state index contributed by atoms with van der Waals surface area (Å²) in [7, 11) is 1.65. The molecule has 4 nitrogen and oxygen atoms in total. The summed E-state index contributed by atoms with van der Waals surface area (Å²) >= 11 is 0. The Labute approximate surface area is 171 Å². The Kier molecular flexibility index (Phi) is 5.70. The first-order valence-electron chi connectivity index (χ1n) is 9.43. The average Bonchev–Trinajstić information content (AvgIpc) is 2.71. The van der Waals surface area contributed by atoms with E-state index in [1.54, 1.807) is 19.4 Å². The van der Waals surface area contributed by atoms with Crippen molar-refractivity contribution >= 4 is 12.2 Å². The number of methoxy groups -OCH3 is 1. The van der Waals surface area contributed by atoms with Crippen molar-refractivity contribution in [3.63, 3.8) is 0 Å². The average molecular weight is 384 g/mol. The third-order valence-corrected chi connectivity index (χ3v) is 4.78. The van der Waals surface area contributed by atoms with Gasteiger partial charge in [0.05, 0.1) is 18.7 Å². The summed E-state index contributed by atoms with van der Waals surface area (Å²) < 4.78 is 5.77. The fraction of sp³-hybridized carbons (Fsp3) is 0.200. The van der Waals surface area contributed by atoms with Gasteiger partial charge in [0.2, 0.25) is 0 Å². The van der Waals surface area contributed by atoms with E-state index in [0.29, 0.717) is 11.1 Å². The Hall–Kier alpha value is -3.58. The van der Waals surface area contributed by atoms with Crippen LogP contribution in [-0.4, -0.2) is 12.1 Å². The number of nitriles is 1. The summed E-state index contributed by atoms with van der Waals surface area (Å²) in [4.78, 5) is 15.1. The molecule has 1 aromatic heterocycles. The Balaban J connectivity index is 2.23. The minimum absolute atomic E-state index is 0.137. The maximum atomic E-state index is 12.4. The molecule has 0 spiro atoms. The molecule has 3 aromatic rings. The van der Waals surface area contributed by atoms with Crippen LogP contribution in [0.4, 0.5) is 0 Å². The lowest BCUT2D eigenvalue weighted by molar-refractivity contribution is 0.397. The minimum atomic E-state index is -0.184. The van der Waals surface area contributed by atoms with Crippen LogP contribution in [0, 0.1) is 11.3 Å². The molecule has 1 N–H and O–H groups in total. The molecule has 29 heavy (non-hydrogen) atoms. The summed E-state index contributed by atoms with van der Waals surface area (Å²) in [5.41, 5.74) is 4.41. The summed E-state index contributed by atoms with van der Waals surface area (Å²) in [5, 5.41) is 9.34. The number of aromatic nitrogens is 1. The normalized spacial score (nSPS) is 11.4. The highest BCUT2D eigenvalue weighted by Gasteiger charge is 2.22. The van der Waals surface area contributed by atoms with E-state index in [4.69, 9.17) is 4.74 Å². The number of rotatable bonds is 4. The van der Waals surface area contributed by atoms with E-state index < -0.39 is 0 Å². The van der Waals surface area contributed by atoms with Crippen molar-refractivity contribution in [1.82, 2.24) is 4.98 Å². The van der Waals surface area contributed by atoms with Crippen LogP contribution in [0.3, 0.4) is 0 Å². The quantitative estimate of drug-likeness (QED) is 0.613. The standard InChI is InChI=1S/C25H24N2O2/c1-25(2,3)22-15-20(21-10-7-13-27-24(21)28)14-18(23(22)29-4)12-11-17-8-5-6-9-19(17)16-26/h5-15H,1-4H3,(H,27,28)/b12-11+. The van der Waals surface area contributed by atoms with E-state index in [1.807, 2.05) is 54.6 Å². The highest BCUT2D eigenvalue weighted by Crippen LogP contribution is 2.38. The number of nitrogens with zero attached hydrogens (tertiary/aromatic N) is 1. The van der Waals surface area contributed by atoms with Crippen LogP contribution >= 0.6 is 0 Å². The molecule has 0 amide bonds. The van der Waals surface area contributed by atoms with Crippen molar-refractivity contribution < 1.29 is 4.74 Å². The van der Waals surface area contributed by atoms with Crippen LogP contribution in [0.5, 0.6) is 5.75 Å². The van der Waals surface area contributed by atoms with E-state index in [-0.39, 0.29) is 11.0 Å². The van der Waals surface area contributed by atoms with Gasteiger partial charge in [-0.15, -0.1) is 0 Å². The van der Waals surface area contributed by atoms with Crippen molar-refractivity contribution in [2.24, 2.45) is 0 Å². The van der Waals surface area contributed by atoms with Gasteiger partial charge in [0, 0.05) is 22.9 Å². The van der Waals surface area contributed by atoms with E-state index >= 15 is 0 Å². The van der Waals surface area contributed by atoms with Gasteiger partial charge in [-0.25, -0.2) is 0 Å². The predicted octanol–water partition coefficient (Wildman–Crippen LogP) is 5.39. The number of aromatic amines is 1. The number of H-pyrrole nitrogens is 1. The fourth-order valence-corrected chi connectivity index (χ4v) is 3.29. The second-order valence-electron chi connectivity index (χ2n) is 7.84. The van der Waals surface area contributed by atoms with E-state index in [0.717, 1.165) is 28.0 Å². The molecule has 0 atom stereocenters. The maximum Gasteiger partial charge on any atom is 0.255 e. The van der Waals surface area contributed by atoms with Crippen molar-refractivity contribution in [2.75, 3.05) is 7.11 Å². The molecule has 0 fully saturated rings. The van der Waals surface area contributed by atoms with Gasteiger partial charge < -0.3 is 9.72 Å². The molecule has 3 rings (SSSR count). The zero-order chi connectivity index (χ0) is 21.0. The van der Waals surface area contributed by atoms with Gasteiger partial charge in [0.25, 0.3) is 5.56 Å². The summed E-state index contributed by atoms with van der Waals surface area (Å²) in [5.74, 6) is 0.763. The first kappa shape index (κ1) is 20.2. The smallest absolute Gasteiger partial charge is 0.255 e. The monoisotopic (exact) mass is 384 g/mol. The van der Waals surface area contributed by atoms with Crippen LogP contribution < -0.4 is 10.3 Å². The Morgan fingerprint density at radius 1 is 1.03 bits per heavy atom. The first-order valence-corrected chi connectivity index (χ1v) is 9.43. The zero-order valence-corrected chi connectivity index (χ0v) is 17.1. The molecule has 146 valence electrons. The van der Waals surface area contributed by atoms with Gasteiger partial charge in [-0.05, 0) is 46.9 Å². The van der Waals surface area contributed by atoms with Crippen molar-refractivity contribution in [2.45, 2.75) is 26.2 Å². The van der Waals surface area contributed by atoms with Gasteiger partial charge in [0.1, 0.15) is 5.75 Å². The third kappa shape index (κ3) is 4.30. The SMILES string of the molecule is COc1c(/C=C/c2ccccc2C#N)cc(-c2ccc[nH]c2=O)cc1C(C)(C)C. The van der Waals surface area contributed by atoms with Gasteiger partial charge >= 0.3 is 0 Å². The zero-order valence-electron chi connectivity index (χ0n) is 17.1. The number of pyridine rings is 1. The highest BCUT2D eigenvalue weighted by molar-refractivity contribution is 5.79. The number of hydrogen-bond donors (Lipinski definition) is 1. The summed E-state index contributed by atoms with van der Waals surface area (Å²) in [6.07, 6.45) is 5.46. The molecular weight excluding hydrogens is 360 g/mol. The number of nitrogens with one attached hydrogen (secondary N) is 1. The Morgan fingerprint density at radius 3 is 2.41 bits per heavy atom. The molecule has 0 saturated heterocycles. The van der Waals surface area contributed by atoms with E-state index in [1.165, 1.54) is 0 Å². The topological polar surface area (TPSA) is 65.9 Å². The third-order valence-electron chi connectivity index (χ3n) is 4.78. The number of benzene rings is 2. The van der Waals surface area contributed by atoms with E-state index in [2.05, 4.69) is 31.8 Å². The largest absolute Gasteiger partial charge is 0.496 e. The van der Waals surface area contributed by atoms with Gasteiger partial charge in [-0.2, -0.15) is 5.26 Å². The molecule has 0 bridgehead atoms. The van der Waals surface area contributed by atoms with Crippen LogP contribution in [0.15, 0.2) is 59.5 Å². The van der Waals surface area contributed by atoms with E-state index in [9.17, 15) is 10.1 Å². The Morgan fingerprint density at radius 2 is 1.76 bits per heavy atom. The van der Waals surface area contributed by atoms with Crippen LogP contribution in [0.25, 0.3) is 23.3 Å². The van der Waals surface area contributed by atoms with Crippen LogP contribution in [0.2, 0.25) is 0 Å². The van der Waals surface area contributed by atoms with Crippen LogP contribution in [0.1, 0.15) is 43.0 Å². The first-order chi connectivity index (χ1) is 13.8. The minimum Gasteiger partial charge on any atom is -0.496 e. The van der Waals surface area contributed by atoms with Crippen molar-refractivity contribution in [3.05, 3.63) is 87.3 Å². The molecule has 0 aliphatic heterocycles. The number of hydrogen-bond acceptors (Lipinski definition) is 3. The summed E-state index contributed by atoms with van der Waals surface area (Å²) in [6.45, 7) is 6.34. The molecule has 1 heterocycles. The lowest BCUT2D eigenvalue weighted by Crippen LogP contribution is -2.15. The lowest BCUT2D eigenvalue weighted by Gasteiger charge is -2.24. The predicted molar refractivity (Wildman–Crippen MR) is 118 cm³/mol. The van der Waals surface area contributed by atoms with Gasteiger partial charge in [-0.1, -0.05) is 51.1 Å². The molecule has 0 radical (unpaired) electrons. The molecular formula is C25H24N2O2. The summed E-state index contributed by atoms with van der Waals surface area (Å²) in [6, 6.07) is 17.2. The highest BCUT2D eigenvalue weighted by atomic mass is 16.5. The second-order valence-corrected chi connectivity index (χ2v) is 7.84. The molecule has 0 aliphatic carbocycles. The van der Waals surface area contributed by atoms with Crippen molar-refractivity contribution in [3.8, 4) is 22.9 Å². The maximum absolute atomic E-state index is 12.4. The van der Waals surface area contributed by atoms with Gasteiger partial charge in [-0.3, -0.25) is 4.79 Å². The molecule has 0 saturated carbocycles. The molecule has 0 unspecified atom stereocenters. The Bertz CT molecular complexity index is 1160. The molecule has 0 aliphatic rings. The lowest BCUT2D eigenvalue weighted by atomic mass is 9.83. The van der Waals surface area contributed by atoms with Crippen molar-refractivity contribution in [1.29, 1.82) is 5.26 Å². The molecule has 4 heteroatoms.